The van der Waals surface area contributed by atoms with Gasteiger partial charge in [0.1, 0.15) is 11.9 Å². The van der Waals surface area contributed by atoms with E-state index in [2.05, 4.69) is 20.7 Å². The zero-order chi connectivity index (χ0) is 19.1. The molecular weight excluding hydrogens is 356 g/mol. The van der Waals surface area contributed by atoms with Gasteiger partial charge in [0.2, 0.25) is 5.88 Å². The Balaban J connectivity index is 1.31. The van der Waals surface area contributed by atoms with Crippen LogP contribution in [-0.2, 0) is 0 Å². The first-order valence-electron chi connectivity index (χ1n) is 9.67. The number of rotatable bonds is 4. The number of nitrogens with one attached hydrogen (secondary N) is 1. The van der Waals surface area contributed by atoms with Crippen LogP contribution < -0.4 is 10.1 Å². The number of fused-ring (bicyclic) bond motifs is 2. The molecule has 0 saturated carbocycles. The quantitative estimate of drug-likeness (QED) is 0.718. The van der Waals surface area contributed by atoms with Gasteiger partial charge in [-0.3, -0.25) is 0 Å². The molecule has 7 nitrogen and oxygen atoms in total. The zero-order valence-corrected chi connectivity index (χ0v) is 15.6. The molecule has 1 aromatic carbocycles. The maximum Gasteiger partial charge on any atom is 0.233 e. The molecule has 3 atom stereocenters. The van der Waals surface area contributed by atoms with Gasteiger partial charge in [-0.25, -0.2) is 0 Å². The molecule has 0 radical (unpaired) electrons. The Bertz CT molecular complexity index is 974. The lowest BCUT2D eigenvalue weighted by Crippen LogP contribution is -2.42. The van der Waals surface area contributed by atoms with Crippen molar-refractivity contribution in [1.29, 1.82) is 0 Å². The molecule has 0 amide bonds. The SMILES string of the molecule is Cc1cc(-c2ccc(-c3ccc(OC4C[C@H]5CC[C@@H](C4)N5)nn3)c(O)c2)on1. The molecule has 2 aliphatic rings. The van der Waals surface area contributed by atoms with Crippen molar-refractivity contribution in [3.05, 3.63) is 42.1 Å². The maximum atomic E-state index is 10.4. The molecule has 7 heteroatoms. The molecular formula is C21H22N4O3. The van der Waals surface area contributed by atoms with E-state index >= 15 is 0 Å². The summed E-state index contributed by atoms with van der Waals surface area (Å²) in [7, 11) is 0. The van der Waals surface area contributed by atoms with E-state index < -0.39 is 0 Å². The molecule has 2 aromatic heterocycles. The largest absolute Gasteiger partial charge is 0.507 e. The number of aryl methyl sites for hydroxylation is 1. The molecule has 5 rings (SSSR count). The van der Waals surface area contributed by atoms with Gasteiger partial charge in [0.25, 0.3) is 0 Å². The van der Waals surface area contributed by atoms with Gasteiger partial charge in [-0.05, 0) is 50.8 Å². The highest BCUT2D eigenvalue weighted by Gasteiger charge is 2.34. The van der Waals surface area contributed by atoms with Gasteiger partial charge in [-0.1, -0.05) is 11.2 Å². The monoisotopic (exact) mass is 378 g/mol. The van der Waals surface area contributed by atoms with Crippen LogP contribution in [0, 0.1) is 6.92 Å². The second-order valence-corrected chi connectivity index (χ2v) is 7.67. The number of nitrogens with zero attached hydrogens (tertiary/aromatic N) is 3. The van der Waals surface area contributed by atoms with Crippen molar-refractivity contribution in [1.82, 2.24) is 20.7 Å². The molecule has 144 valence electrons. The second kappa shape index (κ2) is 6.91. The van der Waals surface area contributed by atoms with Crippen LogP contribution in [0.3, 0.4) is 0 Å². The zero-order valence-electron chi connectivity index (χ0n) is 15.6. The van der Waals surface area contributed by atoms with Gasteiger partial charge in [-0.15, -0.1) is 10.2 Å². The summed E-state index contributed by atoms with van der Waals surface area (Å²) >= 11 is 0. The number of aromatic nitrogens is 3. The third kappa shape index (κ3) is 3.33. The molecule has 2 aliphatic heterocycles. The van der Waals surface area contributed by atoms with Gasteiger partial charge in [-0.2, -0.15) is 0 Å². The Morgan fingerprint density at radius 3 is 2.54 bits per heavy atom. The predicted molar refractivity (Wildman–Crippen MR) is 103 cm³/mol. The molecule has 0 spiro atoms. The van der Waals surface area contributed by atoms with E-state index in [1.807, 2.05) is 31.2 Å². The van der Waals surface area contributed by atoms with E-state index in [4.69, 9.17) is 9.26 Å². The van der Waals surface area contributed by atoms with Crippen molar-refractivity contribution in [2.45, 2.75) is 50.8 Å². The van der Waals surface area contributed by atoms with Gasteiger partial charge < -0.3 is 19.7 Å². The molecule has 4 heterocycles. The number of hydrogen-bond donors (Lipinski definition) is 2. The lowest BCUT2D eigenvalue weighted by atomic mass is 10.0. The topological polar surface area (TPSA) is 93.3 Å². The number of phenolic OH excluding ortho intramolecular Hbond substituents is 1. The molecule has 1 unspecified atom stereocenters. The number of phenols is 1. The van der Waals surface area contributed by atoms with Gasteiger partial charge in [0.15, 0.2) is 5.76 Å². The minimum Gasteiger partial charge on any atom is -0.507 e. The van der Waals surface area contributed by atoms with E-state index in [-0.39, 0.29) is 11.9 Å². The van der Waals surface area contributed by atoms with E-state index in [9.17, 15) is 5.11 Å². The predicted octanol–water partition coefficient (Wildman–Crippen LogP) is 3.47. The standard InChI is InChI=1S/C21H22N4O3/c1-12-8-20(28-25-12)13-2-5-17(19(26)9-13)18-6-7-21(24-23-18)27-16-10-14-3-4-15(11-16)22-14/h2,5-9,14-16,22,26H,3-4,10-11H2,1H3/t14-,15+,16?. The van der Waals surface area contributed by atoms with E-state index in [1.165, 1.54) is 12.8 Å². The minimum atomic E-state index is 0.115. The number of aromatic hydroxyl groups is 1. The van der Waals surface area contributed by atoms with Crippen molar-refractivity contribution >= 4 is 0 Å². The van der Waals surface area contributed by atoms with Gasteiger partial charge in [0, 0.05) is 35.3 Å². The molecule has 3 aromatic rings. The normalized spacial score (nSPS) is 23.7. The number of benzene rings is 1. The minimum absolute atomic E-state index is 0.115. The first-order valence-corrected chi connectivity index (χ1v) is 9.67. The molecule has 2 saturated heterocycles. The maximum absolute atomic E-state index is 10.4. The summed E-state index contributed by atoms with van der Waals surface area (Å²) in [6, 6.07) is 11.9. The summed E-state index contributed by atoms with van der Waals surface area (Å²) in [6.07, 6.45) is 4.69. The van der Waals surface area contributed by atoms with Crippen LogP contribution in [0.25, 0.3) is 22.6 Å². The number of ether oxygens (including phenoxy) is 1. The Morgan fingerprint density at radius 1 is 1.07 bits per heavy atom. The van der Waals surface area contributed by atoms with Crippen LogP contribution in [0.1, 0.15) is 31.4 Å². The van der Waals surface area contributed by atoms with Crippen LogP contribution in [-0.4, -0.2) is 38.6 Å². The first kappa shape index (κ1) is 17.2. The van der Waals surface area contributed by atoms with Crippen molar-refractivity contribution in [2.24, 2.45) is 0 Å². The summed E-state index contributed by atoms with van der Waals surface area (Å²) in [6.45, 7) is 1.86. The highest BCUT2D eigenvalue weighted by atomic mass is 16.5. The van der Waals surface area contributed by atoms with Gasteiger partial charge >= 0.3 is 0 Å². The van der Waals surface area contributed by atoms with Crippen molar-refractivity contribution in [2.75, 3.05) is 0 Å². The third-order valence-corrected chi connectivity index (χ3v) is 5.54. The molecule has 2 bridgehead atoms. The lowest BCUT2D eigenvalue weighted by Gasteiger charge is -2.28. The smallest absolute Gasteiger partial charge is 0.233 e. The Kier molecular flexibility index (Phi) is 4.24. The fraction of sp³-hybridized carbons (Fsp3) is 0.381. The van der Waals surface area contributed by atoms with Crippen molar-refractivity contribution < 1.29 is 14.4 Å². The highest BCUT2D eigenvalue weighted by molar-refractivity contribution is 5.72. The fourth-order valence-electron chi connectivity index (χ4n) is 4.20. The highest BCUT2D eigenvalue weighted by Crippen LogP contribution is 2.33. The third-order valence-electron chi connectivity index (χ3n) is 5.54. The average Bonchev–Trinajstić information content (AvgIpc) is 3.27. The fourth-order valence-corrected chi connectivity index (χ4v) is 4.20. The van der Waals surface area contributed by atoms with Crippen LogP contribution in [0.5, 0.6) is 11.6 Å². The van der Waals surface area contributed by atoms with Crippen LogP contribution in [0.4, 0.5) is 0 Å². The number of hydrogen-bond acceptors (Lipinski definition) is 7. The summed E-state index contributed by atoms with van der Waals surface area (Å²) < 4.78 is 11.3. The second-order valence-electron chi connectivity index (χ2n) is 7.67. The van der Waals surface area contributed by atoms with Crippen molar-refractivity contribution in [3.8, 4) is 34.2 Å². The summed E-state index contributed by atoms with van der Waals surface area (Å²) in [5.74, 6) is 1.26. The molecule has 28 heavy (non-hydrogen) atoms. The first-order chi connectivity index (χ1) is 13.6. The lowest BCUT2D eigenvalue weighted by molar-refractivity contribution is 0.130. The molecule has 2 N–H and O–H groups in total. The average molecular weight is 378 g/mol. The molecule has 2 fully saturated rings. The van der Waals surface area contributed by atoms with Crippen LogP contribution in [0.15, 0.2) is 40.9 Å². The van der Waals surface area contributed by atoms with E-state index in [1.54, 1.807) is 12.1 Å². The van der Waals surface area contributed by atoms with Crippen LogP contribution >= 0.6 is 0 Å². The Labute approximate surface area is 162 Å². The summed E-state index contributed by atoms with van der Waals surface area (Å²) in [5.41, 5.74) is 2.76. The van der Waals surface area contributed by atoms with Crippen molar-refractivity contribution in [3.63, 3.8) is 0 Å². The van der Waals surface area contributed by atoms with E-state index in [0.29, 0.717) is 35.0 Å². The summed E-state index contributed by atoms with van der Waals surface area (Å²) in [4.78, 5) is 0. The number of piperidine rings is 1. The van der Waals surface area contributed by atoms with Gasteiger partial charge in [0.05, 0.1) is 11.4 Å². The Morgan fingerprint density at radius 2 is 1.89 bits per heavy atom. The molecule has 0 aliphatic carbocycles. The summed E-state index contributed by atoms with van der Waals surface area (Å²) in [5, 5.41) is 26.4. The van der Waals surface area contributed by atoms with Crippen LogP contribution in [0.2, 0.25) is 0 Å². The van der Waals surface area contributed by atoms with E-state index in [0.717, 1.165) is 24.1 Å². The Hall–Kier alpha value is -2.93.